The number of esters is 2. The number of allylic oxidation sites excluding steroid dienone is 8. The number of hydrogen-bond donors (Lipinski definition) is 4. The molecule has 1 rings (SSSR count). The van der Waals surface area contributed by atoms with E-state index < -0.39 is 54.7 Å². The smallest absolute Gasteiger partial charge is 0.335 e. The Morgan fingerprint density at radius 3 is 1.51 bits per heavy atom. The first-order valence-corrected chi connectivity index (χ1v) is 23.2. The largest absolute Gasteiger partial charge is 0.479 e. The minimum Gasteiger partial charge on any atom is -0.479 e. The normalized spacial score (nSPS) is 20.3. The fraction of sp³-hybridized carbons (Fsp3) is 0.771. The lowest BCUT2D eigenvalue weighted by molar-refractivity contribution is -0.298. The lowest BCUT2D eigenvalue weighted by Gasteiger charge is -2.38. The maximum Gasteiger partial charge on any atom is 0.335 e. The summed E-state index contributed by atoms with van der Waals surface area (Å²) in [7, 11) is 0. The molecule has 4 N–H and O–H groups in total. The van der Waals surface area contributed by atoms with Crippen LogP contribution in [-0.4, -0.2) is 88.4 Å². The molecule has 0 aromatic heterocycles. The molecule has 0 aliphatic carbocycles. The van der Waals surface area contributed by atoms with Crippen molar-refractivity contribution in [1.29, 1.82) is 0 Å². The number of aliphatic carboxylic acids is 1. The third-order valence-electron chi connectivity index (χ3n) is 10.4. The number of rotatable bonds is 38. The van der Waals surface area contributed by atoms with Crippen molar-refractivity contribution in [1.82, 2.24) is 0 Å². The molecule has 0 bridgehead atoms. The fourth-order valence-electron chi connectivity index (χ4n) is 6.81. The van der Waals surface area contributed by atoms with E-state index >= 15 is 0 Å². The molecule has 0 radical (unpaired) electrons. The van der Waals surface area contributed by atoms with Crippen LogP contribution in [0.4, 0.5) is 0 Å². The maximum absolute atomic E-state index is 12.7. The van der Waals surface area contributed by atoms with E-state index in [1.807, 2.05) is 0 Å². The monoisotopic (exact) mass is 835 g/mol. The minimum atomic E-state index is -1.86. The summed E-state index contributed by atoms with van der Waals surface area (Å²) in [6.07, 6.45) is 36.0. The third-order valence-corrected chi connectivity index (χ3v) is 10.4. The third kappa shape index (κ3) is 29.9. The number of carboxylic acids is 1. The molecule has 1 heterocycles. The number of hydrogen-bond acceptors (Lipinski definition) is 10. The van der Waals surface area contributed by atoms with Crippen LogP contribution in [0.25, 0.3) is 0 Å². The summed E-state index contributed by atoms with van der Waals surface area (Å²) >= 11 is 0. The predicted octanol–water partition coefficient (Wildman–Crippen LogP) is 10.1. The van der Waals surface area contributed by atoms with Crippen molar-refractivity contribution < 1.29 is 53.8 Å². The second kappa shape index (κ2) is 38.1. The topological polar surface area (TPSA) is 169 Å². The molecular formula is C48H82O11. The van der Waals surface area contributed by atoms with E-state index in [4.69, 9.17) is 18.9 Å². The molecular weight excluding hydrogens is 753 g/mol. The molecule has 6 unspecified atom stereocenters. The summed E-state index contributed by atoms with van der Waals surface area (Å²) in [5.41, 5.74) is 0. The van der Waals surface area contributed by atoms with Crippen LogP contribution in [0.3, 0.4) is 0 Å². The van der Waals surface area contributed by atoms with Crippen LogP contribution in [0, 0.1) is 0 Å². The van der Waals surface area contributed by atoms with Gasteiger partial charge in [-0.3, -0.25) is 9.59 Å². The molecule has 0 amide bonds. The van der Waals surface area contributed by atoms with Gasteiger partial charge in [-0.05, 0) is 51.4 Å². The van der Waals surface area contributed by atoms with Crippen LogP contribution in [-0.2, 0) is 33.3 Å². The Kier molecular flexibility index (Phi) is 35.0. The summed E-state index contributed by atoms with van der Waals surface area (Å²) in [5, 5.41) is 39.8. The van der Waals surface area contributed by atoms with Crippen LogP contribution in [0.1, 0.15) is 187 Å². The van der Waals surface area contributed by atoms with Crippen molar-refractivity contribution >= 4 is 17.9 Å². The number of carbonyl (C=O) groups excluding carboxylic acids is 2. The average Bonchev–Trinajstić information content (AvgIpc) is 3.22. The molecule has 6 atom stereocenters. The van der Waals surface area contributed by atoms with E-state index in [1.54, 1.807) is 0 Å². The van der Waals surface area contributed by atoms with Gasteiger partial charge in [0.25, 0.3) is 0 Å². The molecule has 340 valence electrons. The molecule has 1 fully saturated rings. The van der Waals surface area contributed by atoms with Crippen LogP contribution < -0.4 is 0 Å². The standard InChI is InChI=1S/C48H82O11/c1-3-5-7-9-11-13-15-16-17-18-19-20-21-22-23-24-25-26-27-29-30-32-34-36-41(49)56-38-40(39-57-48-45(53)43(51)44(52)46(59-48)47(54)55)58-42(50)37-35-33-31-28-14-12-10-8-6-4-2/h5,7,11,13,16-17,19-20,40,43-46,48,51-53H,3-4,6,8-10,12,14-15,18,21-39H2,1-2H3,(H,54,55)/b7-5-,13-11-,17-16-,20-19-. The molecule has 1 aliphatic heterocycles. The highest BCUT2D eigenvalue weighted by Gasteiger charge is 2.47. The first kappa shape index (κ1) is 54.2. The van der Waals surface area contributed by atoms with Crippen molar-refractivity contribution in [2.24, 2.45) is 0 Å². The number of carboxylic acid groups (broad SMARTS) is 1. The van der Waals surface area contributed by atoms with E-state index in [0.29, 0.717) is 12.8 Å². The zero-order chi connectivity index (χ0) is 43.2. The van der Waals surface area contributed by atoms with Gasteiger partial charge in [-0.1, -0.05) is 172 Å². The molecule has 59 heavy (non-hydrogen) atoms. The van der Waals surface area contributed by atoms with Gasteiger partial charge in [0.2, 0.25) is 0 Å². The van der Waals surface area contributed by atoms with Crippen molar-refractivity contribution in [3.05, 3.63) is 48.6 Å². The van der Waals surface area contributed by atoms with E-state index in [0.717, 1.165) is 70.6 Å². The van der Waals surface area contributed by atoms with Gasteiger partial charge in [-0.15, -0.1) is 0 Å². The first-order valence-electron chi connectivity index (χ1n) is 23.2. The van der Waals surface area contributed by atoms with Gasteiger partial charge >= 0.3 is 17.9 Å². The van der Waals surface area contributed by atoms with Gasteiger partial charge in [-0.2, -0.15) is 0 Å². The van der Waals surface area contributed by atoms with Crippen molar-refractivity contribution in [2.75, 3.05) is 13.2 Å². The summed E-state index contributed by atoms with van der Waals surface area (Å²) in [5.74, 6) is -2.45. The highest BCUT2D eigenvalue weighted by molar-refractivity contribution is 5.73. The number of unbranched alkanes of at least 4 members (excludes halogenated alkanes) is 19. The van der Waals surface area contributed by atoms with Crippen molar-refractivity contribution in [3.63, 3.8) is 0 Å². The Hall–Kier alpha value is -2.83. The second-order valence-electron chi connectivity index (χ2n) is 15.9. The van der Waals surface area contributed by atoms with Gasteiger partial charge in [-0.25, -0.2) is 4.79 Å². The highest BCUT2D eigenvalue weighted by Crippen LogP contribution is 2.23. The quantitative estimate of drug-likeness (QED) is 0.0265. The van der Waals surface area contributed by atoms with Gasteiger partial charge in [0.05, 0.1) is 6.61 Å². The van der Waals surface area contributed by atoms with Gasteiger partial charge in [0, 0.05) is 12.8 Å². The number of ether oxygens (including phenoxy) is 4. The Morgan fingerprint density at radius 1 is 0.542 bits per heavy atom. The predicted molar refractivity (Wildman–Crippen MR) is 234 cm³/mol. The number of carbonyl (C=O) groups is 3. The Balaban J connectivity index is 2.28. The lowest BCUT2D eigenvalue weighted by atomic mass is 9.99. The van der Waals surface area contributed by atoms with Crippen molar-refractivity contribution in [2.45, 2.75) is 224 Å². The zero-order valence-electron chi connectivity index (χ0n) is 36.7. The summed E-state index contributed by atoms with van der Waals surface area (Å²) < 4.78 is 21.7. The average molecular weight is 835 g/mol. The Labute approximate surface area is 356 Å². The summed E-state index contributed by atoms with van der Waals surface area (Å²) in [6.45, 7) is 3.68. The summed E-state index contributed by atoms with van der Waals surface area (Å²) in [6, 6.07) is 0. The molecule has 0 aromatic carbocycles. The maximum atomic E-state index is 12.7. The van der Waals surface area contributed by atoms with E-state index in [2.05, 4.69) is 62.5 Å². The fourth-order valence-corrected chi connectivity index (χ4v) is 6.81. The number of aliphatic hydroxyl groups is 3. The van der Waals surface area contributed by atoms with E-state index in [9.17, 15) is 34.8 Å². The van der Waals surface area contributed by atoms with Crippen LogP contribution in [0.2, 0.25) is 0 Å². The molecule has 1 saturated heterocycles. The van der Waals surface area contributed by atoms with Crippen LogP contribution >= 0.6 is 0 Å². The molecule has 0 aromatic rings. The second-order valence-corrected chi connectivity index (χ2v) is 15.9. The summed E-state index contributed by atoms with van der Waals surface area (Å²) in [4.78, 5) is 36.8. The SMILES string of the molecule is CC/C=C\C/C=C\C/C=C\C/C=C\CCCCCCCCCCCCC(=O)OCC(COC1OC(C(=O)O)C(O)C(O)C1O)OC(=O)CCCCCCCCCCCC. The molecule has 11 nitrogen and oxygen atoms in total. The Morgan fingerprint density at radius 2 is 1.00 bits per heavy atom. The Bertz CT molecular complexity index is 1170. The molecule has 11 heteroatoms. The molecule has 0 saturated carbocycles. The lowest BCUT2D eigenvalue weighted by Crippen LogP contribution is -2.60. The van der Waals surface area contributed by atoms with Crippen LogP contribution in [0.15, 0.2) is 48.6 Å². The van der Waals surface area contributed by atoms with E-state index in [1.165, 1.54) is 77.0 Å². The minimum absolute atomic E-state index is 0.183. The highest BCUT2D eigenvalue weighted by atomic mass is 16.7. The van der Waals surface area contributed by atoms with Gasteiger partial charge in [0.15, 0.2) is 18.5 Å². The van der Waals surface area contributed by atoms with Crippen molar-refractivity contribution in [3.8, 4) is 0 Å². The van der Waals surface area contributed by atoms with Crippen LogP contribution in [0.5, 0.6) is 0 Å². The zero-order valence-corrected chi connectivity index (χ0v) is 36.7. The van der Waals surface area contributed by atoms with E-state index in [-0.39, 0.29) is 26.1 Å². The first-order chi connectivity index (χ1) is 28.7. The van der Waals surface area contributed by atoms with Gasteiger partial charge < -0.3 is 39.4 Å². The number of aliphatic hydroxyl groups excluding tert-OH is 3. The van der Waals surface area contributed by atoms with Gasteiger partial charge in [0.1, 0.15) is 24.9 Å². The molecule has 0 spiro atoms. The molecule has 1 aliphatic rings.